The predicted molar refractivity (Wildman–Crippen MR) is 128 cm³/mol. The second-order valence-corrected chi connectivity index (χ2v) is 9.72. The van der Waals surface area contributed by atoms with Gasteiger partial charge >= 0.3 is 5.97 Å². The molecule has 0 unspecified atom stereocenters. The van der Waals surface area contributed by atoms with Gasteiger partial charge in [0.05, 0.1) is 51.4 Å². The van der Waals surface area contributed by atoms with Crippen LogP contribution in [0.15, 0.2) is 12.2 Å². The highest BCUT2D eigenvalue weighted by Gasteiger charge is 2.32. The van der Waals surface area contributed by atoms with E-state index >= 15 is 0 Å². The number of ether oxygens (including phenoxy) is 3. The number of carbonyl (C=O) groups is 4. The number of hydrogen-bond acceptors (Lipinski definition) is 7. The number of carbonyl (C=O) groups excluding carboxylic acids is 4. The highest BCUT2D eigenvalue weighted by atomic mass is 16.5. The van der Waals surface area contributed by atoms with Crippen molar-refractivity contribution in [2.75, 3.05) is 33.5 Å². The fraction of sp³-hybridized carbons (Fsp3) is 0.760. The first-order chi connectivity index (χ1) is 16.0. The van der Waals surface area contributed by atoms with Gasteiger partial charge in [-0.15, -0.1) is 0 Å². The molecule has 1 aliphatic rings. The van der Waals surface area contributed by atoms with Gasteiger partial charge in [0.15, 0.2) is 5.78 Å². The molecule has 0 aromatic rings. The lowest BCUT2D eigenvalue weighted by Crippen LogP contribution is -2.53. The topological polar surface area (TPSA) is 120 Å². The van der Waals surface area contributed by atoms with E-state index in [-0.39, 0.29) is 49.8 Å². The summed E-state index contributed by atoms with van der Waals surface area (Å²) >= 11 is 0. The van der Waals surface area contributed by atoms with Gasteiger partial charge in [-0.05, 0) is 24.7 Å². The first-order valence-electron chi connectivity index (χ1n) is 12.1. The quantitative estimate of drug-likeness (QED) is 0.454. The maximum Gasteiger partial charge on any atom is 0.311 e. The lowest BCUT2D eigenvalue weighted by atomic mass is 9.93. The summed E-state index contributed by atoms with van der Waals surface area (Å²) < 4.78 is 15.9. The van der Waals surface area contributed by atoms with Crippen molar-refractivity contribution >= 4 is 23.6 Å². The molecule has 1 heterocycles. The number of rotatable bonds is 5. The van der Waals surface area contributed by atoms with Gasteiger partial charge in [0, 0.05) is 6.42 Å². The fourth-order valence-corrected chi connectivity index (χ4v) is 3.60. The van der Waals surface area contributed by atoms with Crippen molar-refractivity contribution in [1.29, 1.82) is 0 Å². The van der Waals surface area contributed by atoms with Gasteiger partial charge in [0.25, 0.3) is 0 Å². The molecule has 0 aromatic carbocycles. The zero-order chi connectivity index (χ0) is 25.7. The monoisotopic (exact) mass is 482 g/mol. The minimum Gasteiger partial charge on any atom is -0.469 e. The van der Waals surface area contributed by atoms with Crippen LogP contribution in [-0.2, 0) is 33.4 Å². The van der Waals surface area contributed by atoms with Crippen molar-refractivity contribution in [3.05, 3.63) is 12.2 Å². The molecule has 2 N–H and O–H groups in total. The molecular weight excluding hydrogens is 440 g/mol. The molecule has 9 nitrogen and oxygen atoms in total. The van der Waals surface area contributed by atoms with Gasteiger partial charge in [-0.25, -0.2) is 0 Å². The summed E-state index contributed by atoms with van der Waals surface area (Å²) in [5.41, 5.74) is 0. The number of hydrogen-bond donors (Lipinski definition) is 2. The molecule has 4 atom stereocenters. The number of Topliss-reactive ketones (excluding diaryl/α,β-unsaturated/α-hetero) is 1. The van der Waals surface area contributed by atoms with E-state index in [0.717, 1.165) is 0 Å². The van der Waals surface area contributed by atoms with Crippen LogP contribution in [0.4, 0.5) is 0 Å². The van der Waals surface area contributed by atoms with Crippen LogP contribution >= 0.6 is 0 Å². The standard InChI is InChI=1S/C25H42N2O7/c1-16(2)11-20-22(28)13-19(25(31)32-6)15-34-10-8-7-9-33-14-18(5)23(29)27-21(12-17(3)4)24(30)26-20/h7-8,16-21H,9-15H2,1-6H3,(H,26,30)(H,27,29)/t18-,19-,20-,21-/m0/s1. The largest absolute Gasteiger partial charge is 0.469 e. The number of ketones is 1. The molecule has 0 aliphatic carbocycles. The average molecular weight is 483 g/mol. The van der Waals surface area contributed by atoms with Crippen molar-refractivity contribution in [2.24, 2.45) is 23.7 Å². The molecule has 0 saturated heterocycles. The Balaban J connectivity index is 3.18. The van der Waals surface area contributed by atoms with E-state index in [1.165, 1.54) is 7.11 Å². The molecule has 9 heteroatoms. The molecule has 34 heavy (non-hydrogen) atoms. The van der Waals surface area contributed by atoms with Crippen molar-refractivity contribution < 1.29 is 33.4 Å². The molecule has 194 valence electrons. The molecular formula is C25H42N2O7. The Labute approximate surface area is 203 Å². The van der Waals surface area contributed by atoms with Crippen LogP contribution < -0.4 is 10.6 Å². The van der Waals surface area contributed by atoms with E-state index in [4.69, 9.17) is 14.2 Å². The number of nitrogens with one attached hydrogen (secondary N) is 2. The Hall–Kier alpha value is -2.26. The summed E-state index contributed by atoms with van der Waals surface area (Å²) in [5, 5.41) is 5.65. The third-order valence-electron chi connectivity index (χ3n) is 5.46. The van der Waals surface area contributed by atoms with Gasteiger partial charge in [0.1, 0.15) is 6.04 Å². The third kappa shape index (κ3) is 11.2. The van der Waals surface area contributed by atoms with Crippen LogP contribution in [0.1, 0.15) is 53.9 Å². The van der Waals surface area contributed by atoms with Crippen molar-refractivity contribution in [2.45, 2.75) is 66.0 Å². The normalized spacial score (nSPS) is 26.5. The summed E-state index contributed by atoms with van der Waals surface area (Å²) in [6, 6.07) is -1.57. The van der Waals surface area contributed by atoms with Crippen molar-refractivity contribution in [3.63, 3.8) is 0 Å². The van der Waals surface area contributed by atoms with Crippen LogP contribution in [0.5, 0.6) is 0 Å². The summed E-state index contributed by atoms with van der Waals surface area (Å²) in [6.07, 6.45) is 4.24. The Morgan fingerprint density at radius 3 is 2.03 bits per heavy atom. The smallest absolute Gasteiger partial charge is 0.311 e. The molecule has 1 aliphatic heterocycles. The van der Waals surface area contributed by atoms with E-state index in [1.807, 2.05) is 27.7 Å². The number of methoxy groups -OCH3 is 1. The first-order valence-corrected chi connectivity index (χ1v) is 12.1. The first kappa shape index (κ1) is 29.8. The number of amides is 2. The average Bonchev–Trinajstić information content (AvgIpc) is 2.76. The van der Waals surface area contributed by atoms with Gasteiger partial charge in [0.2, 0.25) is 11.8 Å². The summed E-state index contributed by atoms with van der Waals surface area (Å²) in [5.74, 6) is -2.46. The molecule has 0 bridgehead atoms. The highest BCUT2D eigenvalue weighted by Crippen LogP contribution is 2.15. The lowest BCUT2D eigenvalue weighted by Gasteiger charge is -2.26. The van der Waals surface area contributed by atoms with Crippen LogP contribution in [0.25, 0.3) is 0 Å². The van der Waals surface area contributed by atoms with E-state index < -0.39 is 35.8 Å². The molecule has 1 rings (SSSR count). The summed E-state index contributed by atoms with van der Waals surface area (Å²) in [6.45, 7) is 10.3. The molecule has 0 spiro atoms. The maximum atomic E-state index is 13.2. The Morgan fingerprint density at radius 2 is 1.47 bits per heavy atom. The van der Waals surface area contributed by atoms with Crippen molar-refractivity contribution in [1.82, 2.24) is 10.6 Å². The minimum absolute atomic E-state index is 0.0228. The molecule has 2 amide bonds. The maximum absolute atomic E-state index is 13.2. The van der Waals surface area contributed by atoms with Crippen LogP contribution in [0.3, 0.4) is 0 Å². The summed E-state index contributed by atoms with van der Waals surface area (Å²) in [7, 11) is 1.27. The lowest BCUT2D eigenvalue weighted by molar-refractivity contribution is -0.149. The zero-order valence-corrected chi connectivity index (χ0v) is 21.4. The van der Waals surface area contributed by atoms with E-state index in [1.54, 1.807) is 19.1 Å². The minimum atomic E-state index is -0.786. The third-order valence-corrected chi connectivity index (χ3v) is 5.46. The van der Waals surface area contributed by atoms with E-state index in [2.05, 4.69) is 10.6 Å². The Bertz CT molecular complexity index is 705. The van der Waals surface area contributed by atoms with Crippen LogP contribution in [0, 0.1) is 23.7 Å². The Morgan fingerprint density at radius 1 is 0.941 bits per heavy atom. The van der Waals surface area contributed by atoms with Gasteiger partial charge in [-0.1, -0.05) is 46.8 Å². The second-order valence-electron chi connectivity index (χ2n) is 9.72. The van der Waals surface area contributed by atoms with Crippen LogP contribution in [0.2, 0.25) is 0 Å². The number of esters is 1. The van der Waals surface area contributed by atoms with Gasteiger partial charge in [-0.3, -0.25) is 19.2 Å². The van der Waals surface area contributed by atoms with Crippen LogP contribution in [-0.4, -0.2) is 69.2 Å². The zero-order valence-electron chi connectivity index (χ0n) is 21.4. The van der Waals surface area contributed by atoms with Gasteiger partial charge in [-0.2, -0.15) is 0 Å². The van der Waals surface area contributed by atoms with Crippen molar-refractivity contribution in [3.8, 4) is 0 Å². The van der Waals surface area contributed by atoms with E-state index in [9.17, 15) is 19.2 Å². The fourth-order valence-electron chi connectivity index (χ4n) is 3.60. The molecule has 0 radical (unpaired) electrons. The highest BCUT2D eigenvalue weighted by molar-refractivity contribution is 5.94. The SMILES string of the molecule is COC(=O)[C@@H]1COCC=CCOC[C@H](C)C(=O)N[C@@H](CC(C)C)C(=O)N[C@@H](CC(C)C)C(=O)C1. The second kappa shape index (κ2) is 15.6. The molecule has 0 fully saturated rings. The summed E-state index contributed by atoms with van der Waals surface area (Å²) in [4.78, 5) is 51.3. The van der Waals surface area contributed by atoms with Gasteiger partial charge < -0.3 is 24.8 Å². The van der Waals surface area contributed by atoms with E-state index in [0.29, 0.717) is 19.4 Å². The molecule has 0 aromatic heterocycles. The predicted octanol–water partition coefficient (Wildman–Crippen LogP) is 2.04. The molecule has 0 saturated carbocycles. The Kier molecular flexibility index (Phi) is 13.7.